The van der Waals surface area contributed by atoms with Gasteiger partial charge in [-0.1, -0.05) is 0 Å². The minimum absolute atomic E-state index is 0.0343. The van der Waals surface area contributed by atoms with E-state index in [1.165, 1.54) is 0 Å². The van der Waals surface area contributed by atoms with Gasteiger partial charge in [0.2, 0.25) is 0 Å². The zero-order chi connectivity index (χ0) is 14.7. The summed E-state index contributed by atoms with van der Waals surface area (Å²) in [4.78, 5) is 14.4. The van der Waals surface area contributed by atoms with Crippen molar-refractivity contribution in [3.8, 4) is 11.5 Å². The summed E-state index contributed by atoms with van der Waals surface area (Å²) in [5.41, 5.74) is 0.566. The van der Waals surface area contributed by atoms with Gasteiger partial charge in [-0.3, -0.25) is 4.79 Å². The van der Waals surface area contributed by atoms with Crippen LogP contribution in [0.5, 0.6) is 11.5 Å². The molecule has 110 valence electrons. The highest BCUT2D eigenvalue weighted by Crippen LogP contribution is 2.34. The van der Waals surface area contributed by atoms with Crippen LogP contribution in [0.2, 0.25) is 0 Å². The molecule has 2 rings (SSSR count). The van der Waals surface area contributed by atoms with Crippen molar-refractivity contribution in [2.24, 2.45) is 0 Å². The van der Waals surface area contributed by atoms with E-state index < -0.39 is 0 Å². The number of morpholine rings is 1. The van der Waals surface area contributed by atoms with Gasteiger partial charge in [-0.2, -0.15) is 0 Å². The zero-order valence-electron chi connectivity index (χ0n) is 11.8. The van der Waals surface area contributed by atoms with Gasteiger partial charge in [-0.05, 0) is 35.0 Å². The Labute approximate surface area is 126 Å². The first-order valence-corrected chi connectivity index (χ1v) is 7.18. The number of ether oxygens (including phenoxy) is 3. The molecule has 6 heteroatoms. The Kier molecular flexibility index (Phi) is 4.88. The van der Waals surface area contributed by atoms with Crippen molar-refractivity contribution in [1.29, 1.82) is 0 Å². The number of rotatable bonds is 3. The van der Waals surface area contributed by atoms with Crippen molar-refractivity contribution in [2.75, 3.05) is 33.9 Å². The molecule has 1 atom stereocenters. The quantitative estimate of drug-likeness (QED) is 0.845. The molecule has 0 spiro atoms. The molecule has 5 nitrogen and oxygen atoms in total. The Bertz CT molecular complexity index is 506. The summed E-state index contributed by atoms with van der Waals surface area (Å²) in [6.45, 7) is 3.73. The first-order valence-electron chi connectivity index (χ1n) is 6.39. The van der Waals surface area contributed by atoms with Crippen LogP contribution >= 0.6 is 15.9 Å². The molecule has 0 radical (unpaired) electrons. The van der Waals surface area contributed by atoms with Crippen LogP contribution in [0.25, 0.3) is 0 Å². The van der Waals surface area contributed by atoms with E-state index in [2.05, 4.69) is 15.9 Å². The number of nitrogens with zero attached hydrogens (tertiary/aromatic N) is 1. The Balaban J connectivity index is 2.29. The normalized spacial score (nSPS) is 18.8. The molecule has 1 aromatic carbocycles. The summed E-state index contributed by atoms with van der Waals surface area (Å²) in [6.07, 6.45) is 0.0617. The van der Waals surface area contributed by atoms with Gasteiger partial charge >= 0.3 is 0 Å². The fraction of sp³-hybridized carbons (Fsp3) is 0.500. The topological polar surface area (TPSA) is 48.0 Å². The van der Waals surface area contributed by atoms with Crippen LogP contribution in [0.4, 0.5) is 0 Å². The Morgan fingerprint density at radius 3 is 2.60 bits per heavy atom. The molecule has 0 bridgehead atoms. The minimum Gasteiger partial charge on any atom is -0.493 e. The standard InChI is InChI=1S/C14H18BrNO4/c1-9-8-16(4-5-20-9)14(17)10-6-12(18-2)13(19-3)7-11(10)15/h6-7,9H,4-5,8H2,1-3H3/t9-/m1/s1. The second-order valence-electron chi connectivity index (χ2n) is 4.62. The van der Waals surface area contributed by atoms with Crippen molar-refractivity contribution in [1.82, 2.24) is 4.90 Å². The number of benzene rings is 1. The van der Waals surface area contributed by atoms with Crippen molar-refractivity contribution in [3.63, 3.8) is 0 Å². The highest BCUT2D eigenvalue weighted by molar-refractivity contribution is 9.10. The molecular formula is C14H18BrNO4. The lowest BCUT2D eigenvalue weighted by atomic mass is 10.1. The summed E-state index contributed by atoms with van der Waals surface area (Å²) in [5, 5.41) is 0. The summed E-state index contributed by atoms with van der Waals surface area (Å²) in [5.74, 6) is 1.10. The average molecular weight is 344 g/mol. The summed E-state index contributed by atoms with van der Waals surface area (Å²) < 4.78 is 16.6. The SMILES string of the molecule is COc1cc(Br)c(C(=O)N2CCO[C@H](C)C2)cc1OC. The second-order valence-corrected chi connectivity index (χ2v) is 5.47. The third kappa shape index (κ3) is 3.07. The molecule has 0 unspecified atom stereocenters. The van der Waals surface area contributed by atoms with Crippen LogP contribution in [-0.4, -0.2) is 50.8 Å². The summed E-state index contributed by atoms with van der Waals surface area (Å²) in [6, 6.07) is 3.45. The third-order valence-electron chi connectivity index (χ3n) is 3.23. The maximum absolute atomic E-state index is 12.6. The lowest BCUT2D eigenvalue weighted by Crippen LogP contribution is -2.44. The fourth-order valence-corrected chi connectivity index (χ4v) is 2.68. The van der Waals surface area contributed by atoms with Crippen LogP contribution in [0.1, 0.15) is 17.3 Å². The fourth-order valence-electron chi connectivity index (χ4n) is 2.19. The number of amides is 1. The zero-order valence-corrected chi connectivity index (χ0v) is 13.4. The lowest BCUT2D eigenvalue weighted by molar-refractivity contribution is -0.0124. The van der Waals surface area contributed by atoms with Crippen LogP contribution in [-0.2, 0) is 4.74 Å². The molecular weight excluding hydrogens is 326 g/mol. The van der Waals surface area contributed by atoms with Crippen molar-refractivity contribution >= 4 is 21.8 Å². The van der Waals surface area contributed by atoms with E-state index in [0.29, 0.717) is 41.2 Å². The smallest absolute Gasteiger partial charge is 0.255 e. The van der Waals surface area contributed by atoms with Crippen molar-refractivity contribution in [3.05, 3.63) is 22.2 Å². The maximum Gasteiger partial charge on any atom is 0.255 e. The second kappa shape index (κ2) is 6.45. The molecule has 1 amide bonds. The highest BCUT2D eigenvalue weighted by atomic mass is 79.9. The number of methoxy groups -OCH3 is 2. The molecule has 0 saturated carbocycles. The van der Waals surface area contributed by atoms with E-state index in [9.17, 15) is 4.79 Å². The van der Waals surface area contributed by atoms with E-state index in [4.69, 9.17) is 14.2 Å². The van der Waals surface area contributed by atoms with Gasteiger partial charge in [-0.15, -0.1) is 0 Å². The highest BCUT2D eigenvalue weighted by Gasteiger charge is 2.25. The van der Waals surface area contributed by atoms with Crippen LogP contribution < -0.4 is 9.47 Å². The van der Waals surface area contributed by atoms with E-state index >= 15 is 0 Å². The van der Waals surface area contributed by atoms with Gasteiger partial charge in [0.25, 0.3) is 5.91 Å². The van der Waals surface area contributed by atoms with Gasteiger partial charge in [0.15, 0.2) is 11.5 Å². The third-order valence-corrected chi connectivity index (χ3v) is 3.89. The van der Waals surface area contributed by atoms with Gasteiger partial charge in [-0.25, -0.2) is 0 Å². The molecule has 1 aliphatic rings. The first-order chi connectivity index (χ1) is 9.56. The molecule has 1 aromatic rings. The molecule has 1 aliphatic heterocycles. The number of hydrogen-bond donors (Lipinski definition) is 0. The first kappa shape index (κ1) is 15.1. The largest absolute Gasteiger partial charge is 0.493 e. The van der Waals surface area contributed by atoms with Gasteiger partial charge in [0.05, 0.1) is 32.5 Å². The Hall–Kier alpha value is -1.27. The molecule has 1 heterocycles. The Morgan fingerprint density at radius 2 is 2.00 bits per heavy atom. The number of hydrogen-bond acceptors (Lipinski definition) is 4. The van der Waals surface area contributed by atoms with Crippen molar-refractivity contribution < 1.29 is 19.0 Å². The van der Waals surface area contributed by atoms with Crippen LogP contribution in [0.15, 0.2) is 16.6 Å². The summed E-state index contributed by atoms with van der Waals surface area (Å²) >= 11 is 3.42. The number of carbonyl (C=O) groups is 1. The molecule has 1 fully saturated rings. The predicted molar refractivity (Wildman–Crippen MR) is 78.6 cm³/mol. The van der Waals surface area contributed by atoms with Crippen molar-refractivity contribution in [2.45, 2.75) is 13.0 Å². The predicted octanol–water partition coefficient (Wildman–Crippen LogP) is 2.33. The molecule has 1 saturated heterocycles. The van der Waals surface area contributed by atoms with Gasteiger partial charge < -0.3 is 19.1 Å². The molecule has 0 N–H and O–H groups in total. The molecule has 0 aromatic heterocycles. The number of halogens is 1. The summed E-state index contributed by atoms with van der Waals surface area (Å²) in [7, 11) is 3.12. The lowest BCUT2D eigenvalue weighted by Gasteiger charge is -2.31. The minimum atomic E-state index is -0.0343. The average Bonchev–Trinajstić information content (AvgIpc) is 2.46. The van der Waals surface area contributed by atoms with Gasteiger partial charge in [0, 0.05) is 17.6 Å². The number of carbonyl (C=O) groups excluding carboxylic acids is 1. The molecule has 0 aliphatic carbocycles. The van der Waals surface area contributed by atoms with E-state index in [1.807, 2.05) is 6.92 Å². The molecule has 20 heavy (non-hydrogen) atoms. The monoisotopic (exact) mass is 343 g/mol. The van der Waals surface area contributed by atoms with E-state index in [-0.39, 0.29) is 12.0 Å². The van der Waals surface area contributed by atoms with E-state index in [1.54, 1.807) is 31.3 Å². The van der Waals surface area contributed by atoms with Crippen LogP contribution in [0, 0.1) is 0 Å². The van der Waals surface area contributed by atoms with E-state index in [0.717, 1.165) is 0 Å². The Morgan fingerprint density at radius 1 is 1.35 bits per heavy atom. The maximum atomic E-state index is 12.6. The van der Waals surface area contributed by atoms with Gasteiger partial charge in [0.1, 0.15) is 0 Å². The van der Waals surface area contributed by atoms with Crippen LogP contribution in [0.3, 0.4) is 0 Å².